The number of fused-ring (bicyclic) bond motifs is 3. The van der Waals surface area contributed by atoms with Gasteiger partial charge in [-0.05, 0) is 31.0 Å². The lowest BCUT2D eigenvalue weighted by molar-refractivity contribution is -0.137. The van der Waals surface area contributed by atoms with E-state index < -0.39 is 17.8 Å². The molecule has 2 N–H and O–H groups in total. The van der Waals surface area contributed by atoms with Crippen LogP contribution >= 0.6 is 0 Å². The van der Waals surface area contributed by atoms with Gasteiger partial charge in [0.05, 0.1) is 24.4 Å². The molecule has 0 saturated carbocycles. The predicted molar refractivity (Wildman–Crippen MR) is 88.0 cm³/mol. The number of hydrogen-bond donors (Lipinski definition) is 2. The molecule has 1 unspecified atom stereocenters. The molecule has 25 heavy (non-hydrogen) atoms. The average molecular weight is 351 g/mol. The van der Waals surface area contributed by atoms with Gasteiger partial charge in [-0.15, -0.1) is 0 Å². The maximum Gasteiger partial charge on any atom is 0.416 e. The number of alkyl halides is 3. The third-order valence-electron chi connectivity index (χ3n) is 5.41. The summed E-state index contributed by atoms with van der Waals surface area (Å²) in [5.41, 5.74) is 0.574. The molecule has 1 fully saturated rings. The Hall–Kier alpha value is -1.79. The number of rotatable bonds is 2. The van der Waals surface area contributed by atoms with Crippen molar-refractivity contribution in [1.82, 2.24) is 0 Å². The Morgan fingerprint density at radius 2 is 2.08 bits per heavy atom. The van der Waals surface area contributed by atoms with Gasteiger partial charge in [-0.1, -0.05) is 24.3 Å². The van der Waals surface area contributed by atoms with Crippen LogP contribution in [0.25, 0.3) is 0 Å². The maximum absolute atomic E-state index is 13.1. The summed E-state index contributed by atoms with van der Waals surface area (Å²) in [6.07, 6.45) is 4.64. The van der Waals surface area contributed by atoms with E-state index in [-0.39, 0.29) is 30.6 Å². The van der Waals surface area contributed by atoms with Gasteiger partial charge in [0.15, 0.2) is 0 Å². The number of benzene rings is 1. The fourth-order valence-electron chi connectivity index (χ4n) is 4.23. The Balaban J connectivity index is 1.72. The molecule has 2 heterocycles. The molecule has 2 aliphatic heterocycles. The first-order valence-electron chi connectivity index (χ1n) is 8.54. The molecule has 134 valence electrons. The molecule has 5 atom stereocenters. The number of hydrogen-bond acceptors (Lipinski definition) is 3. The van der Waals surface area contributed by atoms with Gasteiger partial charge >= 0.3 is 6.18 Å². The second kappa shape index (κ2) is 6.18. The number of aliphatic hydroxyl groups excluding tert-OH is 1. The molecule has 0 radical (unpaired) electrons. The summed E-state index contributed by atoms with van der Waals surface area (Å²) >= 11 is 0. The van der Waals surface area contributed by atoms with Crippen LogP contribution in [-0.2, 0) is 10.9 Å². The first-order valence-corrected chi connectivity index (χ1v) is 8.54. The van der Waals surface area contributed by atoms with Crippen LogP contribution < -0.4 is 5.32 Å². The summed E-state index contributed by atoms with van der Waals surface area (Å²) < 4.78 is 45.2. The SMILES string of the molecule is OC[C@@H]1C[C@@H]2[C@H](O1)c1cc(C(F)(F)F)ccc1N[C@H]2C1C=CC=CC1. The fraction of sp³-hybridized carbons (Fsp3) is 0.474. The van der Waals surface area contributed by atoms with E-state index >= 15 is 0 Å². The van der Waals surface area contributed by atoms with Crippen LogP contribution in [0, 0.1) is 11.8 Å². The van der Waals surface area contributed by atoms with Crippen molar-refractivity contribution in [2.24, 2.45) is 11.8 Å². The Kier molecular flexibility index (Phi) is 4.12. The van der Waals surface area contributed by atoms with Crippen molar-refractivity contribution in [1.29, 1.82) is 0 Å². The van der Waals surface area contributed by atoms with Crippen molar-refractivity contribution < 1.29 is 23.0 Å². The van der Waals surface area contributed by atoms with Gasteiger partial charge in [0.1, 0.15) is 0 Å². The lowest BCUT2D eigenvalue weighted by atomic mass is 9.75. The van der Waals surface area contributed by atoms with Crippen molar-refractivity contribution in [2.75, 3.05) is 11.9 Å². The topological polar surface area (TPSA) is 41.5 Å². The molecule has 1 saturated heterocycles. The van der Waals surface area contributed by atoms with Crippen molar-refractivity contribution in [3.63, 3.8) is 0 Å². The second-order valence-electron chi connectivity index (χ2n) is 6.94. The van der Waals surface area contributed by atoms with Crippen LogP contribution in [-0.4, -0.2) is 23.9 Å². The summed E-state index contributed by atoms with van der Waals surface area (Å²) in [5, 5.41) is 12.9. The van der Waals surface area contributed by atoms with Crippen LogP contribution in [0.5, 0.6) is 0 Å². The van der Waals surface area contributed by atoms with Gasteiger partial charge in [0, 0.05) is 29.1 Å². The molecule has 3 nitrogen and oxygen atoms in total. The molecule has 0 aromatic heterocycles. The normalized spacial score (nSPS) is 33.7. The molecular formula is C19H20F3NO2. The molecular weight excluding hydrogens is 331 g/mol. The summed E-state index contributed by atoms with van der Waals surface area (Å²) in [6.45, 7) is -0.117. The van der Waals surface area contributed by atoms with Gasteiger partial charge in [-0.3, -0.25) is 0 Å². The maximum atomic E-state index is 13.1. The number of allylic oxidation sites excluding steroid dienone is 3. The van der Waals surface area contributed by atoms with E-state index in [1.54, 1.807) is 0 Å². The monoisotopic (exact) mass is 351 g/mol. The second-order valence-corrected chi connectivity index (χ2v) is 6.94. The van der Waals surface area contributed by atoms with Gasteiger partial charge in [0.25, 0.3) is 0 Å². The van der Waals surface area contributed by atoms with E-state index in [9.17, 15) is 18.3 Å². The summed E-state index contributed by atoms with van der Waals surface area (Å²) in [7, 11) is 0. The van der Waals surface area contributed by atoms with Crippen LogP contribution in [0.2, 0.25) is 0 Å². The zero-order chi connectivity index (χ0) is 17.6. The predicted octanol–water partition coefficient (Wildman–Crippen LogP) is 4.07. The van der Waals surface area contributed by atoms with Crippen molar-refractivity contribution in [3.8, 4) is 0 Å². The van der Waals surface area contributed by atoms with Crippen LogP contribution in [0.15, 0.2) is 42.5 Å². The number of anilines is 1. The van der Waals surface area contributed by atoms with E-state index in [0.29, 0.717) is 17.7 Å². The Labute approximate surface area is 144 Å². The first kappa shape index (κ1) is 16.7. The average Bonchev–Trinajstić information content (AvgIpc) is 3.05. The third-order valence-corrected chi connectivity index (χ3v) is 5.41. The zero-order valence-corrected chi connectivity index (χ0v) is 13.5. The van der Waals surface area contributed by atoms with Gasteiger partial charge in [-0.25, -0.2) is 0 Å². The van der Waals surface area contributed by atoms with Gasteiger partial charge in [-0.2, -0.15) is 13.2 Å². The summed E-state index contributed by atoms with van der Waals surface area (Å²) in [6, 6.07) is 3.87. The fourth-order valence-corrected chi connectivity index (χ4v) is 4.23. The standard InChI is InChI=1S/C19H20F3NO2/c20-19(21,22)12-6-7-16-14(8-12)18-15(9-13(10-24)25-18)17(23-16)11-4-2-1-3-5-11/h1-4,6-8,11,13,15,17-18,23-24H,5,9-10H2/t11?,13-,15-,17-,18+/m0/s1. The number of nitrogens with one attached hydrogen (secondary N) is 1. The van der Waals surface area contributed by atoms with Gasteiger partial charge < -0.3 is 15.2 Å². The highest BCUT2D eigenvalue weighted by Gasteiger charge is 2.47. The van der Waals surface area contributed by atoms with E-state index in [2.05, 4.69) is 17.5 Å². The molecule has 1 aromatic rings. The summed E-state index contributed by atoms with van der Waals surface area (Å²) in [5.74, 6) is 0.295. The highest BCUT2D eigenvalue weighted by molar-refractivity contribution is 5.58. The van der Waals surface area contributed by atoms with Crippen molar-refractivity contribution in [2.45, 2.75) is 37.3 Å². The van der Waals surface area contributed by atoms with E-state index in [0.717, 1.165) is 12.5 Å². The van der Waals surface area contributed by atoms with Crippen LogP contribution in [0.4, 0.5) is 18.9 Å². The Morgan fingerprint density at radius 3 is 2.76 bits per heavy atom. The van der Waals surface area contributed by atoms with Crippen molar-refractivity contribution >= 4 is 5.69 Å². The molecule has 6 heteroatoms. The first-order chi connectivity index (χ1) is 12.0. The number of ether oxygens (including phenoxy) is 1. The molecule has 1 aliphatic carbocycles. The Morgan fingerprint density at radius 1 is 1.24 bits per heavy atom. The van der Waals surface area contributed by atoms with E-state index in [4.69, 9.17) is 4.74 Å². The quantitative estimate of drug-likeness (QED) is 0.844. The lowest BCUT2D eigenvalue weighted by Crippen LogP contribution is -2.41. The highest BCUT2D eigenvalue weighted by Crippen LogP contribution is 2.50. The van der Waals surface area contributed by atoms with E-state index in [1.165, 1.54) is 12.1 Å². The van der Waals surface area contributed by atoms with E-state index in [1.807, 2.05) is 12.2 Å². The largest absolute Gasteiger partial charge is 0.416 e. The number of aliphatic hydroxyl groups is 1. The van der Waals surface area contributed by atoms with Crippen LogP contribution in [0.1, 0.15) is 30.1 Å². The lowest BCUT2D eigenvalue weighted by Gasteiger charge is -2.40. The smallest absolute Gasteiger partial charge is 0.394 e. The van der Waals surface area contributed by atoms with Crippen LogP contribution in [0.3, 0.4) is 0 Å². The molecule has 0 bridgehead atoms. The summed E-state index contributed by atoms with van der Waals surface area (Å²) in [4.78, 5) is 0. The molecule has 4 rings (SSSR count). The molecule has 1 aromatic carbocycles. The highest BCUT2D eigenvalue weighted by atomic mass is 19.4. The molecule has 3 aliphatic rings. The van der Waals surface area contributed by atoms with Gasteiger partial charge in [0.2, 0.25) is 0 Å². The minimum atomic E-state index is -4.38. The number of halogens is 3. The zero-order valence-electron chi connectivity index (χ0n) is 13.5. The molecule has 0 amide bonds. The van der Waals surface area contributed by atoms with Crippen molar-refractivity contribution in [3.05, 3.63) is 53.6 Å². The third kappa shape index (κ3) is 2.98. The minimum Gasteiger partial charge on any atom is -0.394 e. The minimum absolute atomic E-state index is 0.0364. The molecule has 0 spiro atoms. The Bertz CT molecular complexity index is 713.